The Hall–Kier alpha value is -2.88. The second-order valence-corrected chi connectivity index (χ2v) is 10.1. The molecule has 1 unspecified atom stereocenters. The Morgan fingerprint density at radius 3 is 2.61 bits per heavy atom. The van der Waals surface area contributed by atoms with E-state index in [2.05, 4.69) is 31.9 Å². The number of aryl methyl sites for hydroxylation is 1. The van der Waals surface area contributed by atoms with E-state index in [1.807, 2.05) is 23.1 Å². The van der Waals surface area contributed by atoms with Crippen LogP contribution in [-0.2, 0) is 18.1 Å². The molecule has 3 aromatic heterocycles. The van der Waals surface area contributed by atoms with Crippen LogP contribution in [0, 0.1) is 5.41 Å². The number of hydrogen-bond acceptors (Lipinski definition) is 5. The standard InChI is InChI=1S/C23H26F3N7/c1-21(2-3-21)18(20-28-6-7-29-20)32-8-4-22(13-32)5-9-33-17(22)11-16(31-33)14-10-15(23(24,25)26)19(27)30-12-14/h6-7,10-12,18H,2-5,8-9,13H2,1H3,(H2,27,30)(H,28,29)/t18?,22-/m1/s1. The molecular formula is C23H26F3N7. The van der Waals surface area contributed by atoms with Gasteiger partial charge < -0.3 is 10.7 Å². The SMILES string of the molecule is CC1(C(c2ncc[nH]2)N2CC[C@@]3(CCn4nc(-c5cnc(N)c(C(F)(F)F)c5)cc43)C2)CC1. The van der Waals surface area contributed by atoms with Crippen LogP contribution < -0.4 is 5.73 Å². The van der Waals surface area contributed by atoms with Gasteiger partial charge >= 0.3 is 6.18 Å². The number of H-pyrrole nitrogens is 1. The lowest BCUT2D eigenvalue weighted by atomic mass is 9.82. The number of rotatable bonds is 4. The van der Waals surface area contributed by atoms with Gasteiger partial charge in [0.15, 0.2) is 0 Å². The normalized spacial score (nSPS) is 25.0. The fourth-order valence-electron chi connectivity index (χ4n) is 5.83. The minimum absolute atomic E-state index is 0.0462. The Labute approximate surface area is 189 Å². The van der Waals surface area contributed by atoms with Crippen molar-refractivity contribution in [2.45, 2.75) is 56.8 Å². The van der Waals surface area contributed by atoms with Crippen molar-refractivity contribution < 1.29 is 13.2 Å². The number of anilines is 1. The molecule has 2 atom stereocenters. The summed E-state index contributed by atoms with van der Waals surface area (Å²) < 4.78 is 41.9. The van der Waals surface area contributed by atoms with Crippen molar-refractivity contribution in [1.29, 1.82) is 0 Å². The maximum atomic E-state index is 13.3. The summed E-state index contributed by atoms with van der Waals surface area (Å²) in [5, 5.41) is 4.65. The zero-order valence-electron chi connectivity index (χ0n) is 18.4. The van der Waals surface area contributed by atoms with Gasteiger partial charge in [0.2, 0.25) is 0 Å². The van der Waals surface area contributed by atoms with Gasteiger partial charge in [-0.3, -0.25) is 9.58 Å². The minimum atomic E-state index is -4.55. The Morgan fingerprint density at radius 1 is 1.12 bits per heavy atom. The molecule has 1 aliphatic carbocycles. The van der Waals surface area contributed by atoms with Gasteiger partial charge in [-0.25, -0.2) is 9.97 Å². The van der Waals surface area contributed by atoms with Gasteiger partial charge in [0.1, 0.15) is 11.6 Å². The van der Waals surface area contributed by atoms with E-state index in [9.17, 15) is 13.2 Å². The molecule has 0 aromatic carbocycles. The highest BCUT2D eigenvalue weighted by atomic mass is 19.4. The highest BCUT2D eigenvalue weighted by Gasteiger charge is 2.54. The number of halogens is 3. The third-order valence-electron chi connectivity index (χ3n) is 7.87. The molecule has 3 aliphatic rings. The largest absolute Gasteiger partial charge is 0.419 e. The van der Waals surface area contributed by atoms with E-state index in [0.717, 1.165) is 50.1 Å². The Balaban J connectivity index is 1.31. The molecule has 1 spiro atoms. The van der Waals surface area contributed by atoms with Gasteiger partial charge in [0.05, 0.1) is 17.3 Å². The highest BCUT2D eigenvalue weighted by molar-refractivity contribution is 5.63. The monoisotopic (exact) mass is 457 g/mol. The lowest BCUT2D eigenvalue weighted by molar-refractivity contribution is -0.137. The third-order valence-corrected chi connectivity index (χ3v) is 7.87. The molecule has 2 fully saturated rings. The van der Waals surface area contributed by atoms with Crippen molar-refractivity contribution in [3.63, 3.8) is 0 Å². The van der Waals surface area contributed by atoms with Crippen molar-refractivity contribution in [2.24, 2.45) is 5.41 Å². The average molecular weight is 458 g/mol. The van der Waals surface area contributed by atoms with Crippen LogP contribution in [0.25, 0.3) is 11.3 Å². The number of nitrogens with two attached hydrogens (primary N) is 1. The molecular weight excluding hydrogens is 431 g/mol. The summed E-state index contributed by atoms with van der Waals surface area (Å²) >= 11 is 0. The molecule has 7 nitrogen and oxygen atoms in total. The number of alkyl halides is 3. The molecule has 1 saturated heterocycles. The molecule has 0 amide bonds. The smallest absolute Gasteiger partial charge is 0.383 e. The average Bonchev–Trinajstić information content (AvgIpc) is 3.26. The summed E-state index contributed by atoms with van der Waals surface area (Å²) in [5.74, 6) is 0.505. The van der Waals surface area contributed by atoms with Crippen molar-refractivity contribution in [1.82, 2.24) is 29.6 Å². The van der Waals surface area contributed by atoms with Crippen molar-refractivity contribution in [3.05, 3.63) is 47.8 Å². The molecule has 3 aromatic rings. The van der Waals surface area contributed by atoms with E-state index in [0.29, 0.717) is 11.3 Å². The number of nitrogens with zero attached hydrogens (tertiary/aromatic N) is 5. The van der Waals surface area contributed by atoms with Crippen LogP contribution >= 0.6 is 0 Å². The maximum Gasteiger partial charge on any atom is 0.419 e. The summed E-state index contributed by atoms with van der Waals surface area (Å²) in [6.07, 6.45) is 4.88. The van der Waals surface area contributed by atoms with Gasteiger partial charge in [0, 0.05) is 48.4 Å². The number of aromatic nitrogens is 5. The Bertz CT molecular complexity index is 1200. The molecule has 5 heterocycles. The van der Waals surface area contributed by atoms with E-state index in [4.69, 9.17) is 5.73 Å². The topological polar surface area (TPSA) is 88.7 Å². The number of likely N-dealkylation sites (tertiary alicyclic amines) is 1. The maximum absolute atomic E-state index is 13.3. The van der Waals surface area contributed by atoms with Crippen LogP contribution in [-0.4, -0.2) is 42.7 Å². The molecule has 0 bridgehead atoms. The zero-order valence-corrected chi connectivity index (χ0v) is 18.4. The van der Waals surface area contributed by atoms with Gasteiger partial charge in [-0.1, -0.05) is 6.92 Å². The van der Waals surface area contributed by atoms with Gasteiger partial charge in [-0.2, -0.15) is 18.3 Å². The molecule has 3 N–H and O–H groups in total. The minimum Gasteiger partial charge on any atom is -0.383 e. The lowest BCUT2D eigenvalue weighted by Crippen LogP contribution is -2.36. The fourth-order valence-corrected chi connectivity index (χ4v) is 5.83. The number of nitrogens with one attached hydrogen (secondary N) is 1. The molecule has 2 aliphatic heterocycles. The summed E-state index contributed by atoms with van der Waals surface area (Å²) in [4.78, 5) is 14.2. The van der Waals surface area contributed by atoms with E-state index in [1.54, 1.807) is 0 Å². The molecule has 6 rings (SSSR count). The van der Waals surface area contributed by atoms with Crippen LogP contribution in [0.15, 0.2) is 30.7 Å². The predicted molar refractivity (Wildman–Crippen MR) is 116 cm³/mol. The number of imidazole rings is 1. The molecule has 1 saturated carbocycles. The van der Waals surface area contributed by atoms with Crippen LogP contribution in [0.4, 0.5) is 19.0 Å². The van der Waals surface area contributed by atoms with Crippen LogP contribution in [0.5, 0.6) is 0 Å². The van der Waals surface area contributed by atoms with Gasteiger partial charge in [-0.15, -0.1) is 0 Å². The summed E-state index contributed by atoms with van der Waals surface area (Å²) in [6, 6.07) is 3.25. The van der Waals surface area contributed by atoms with Crippen molar-refractivity contribution in [2.75, 3.05) is 18.8 Å². The van der Waals surface area contributed by atoms with Crippen molar-refractivity contribution >= 4 is 5.82 Å². The molecule has 0 radical (unpaired) electrons. The number of pyridine rings is 1. The lowest BCUT2D eigenvalue weighted by Gasteiger charge is -2.33. The first-order valence-electron chi connectivity index (χ1n) is 11.3. The third kappa shape index (κ3) is 3.25. The first-order chi connectivity index (χ1) is 15.7. The number of aromatic amines is 1. The zero-order chi connectivity index (χ0) is 23.0. The Morgan fingerprint density at radius 2 is 1.91 bits per heavy atom. The van der Waals surface area contributed by atoms with Gasteiger partial charge in [-0.05, 0) is 49.8 Å². The van der Waals surface area contributed by atoms with Crippen LogP contribution in [0.1, 0.15) is 55.7 Å². The number of hydrogen-bond donors (Lipinski definition) is 2. The first kappa shape index (κ1) is 20.7. The summed E-state index contributed by atoms with van der Waals surface area (Å²) in [5.41, 5.74) is 6.69. The summed E-state index contributed by atoms with van der Waals surface area (Å²) in [6.45, 7) is 4.95. The van der Waals surface area contributed by atoms with Gasteiger partial charge in [0.25, 0.3) is 0 Å². The Kier molecular flexibility index (Phi) is 4.28. The van der Waals surface area contributed by atoms with E-state index in [1.165, 1.54) is 19.0 Å². The molecule has 174 valence electrons. The second kappa shape index (κ2) is 6.82. The van der Waals surface area contributed by atoms with Crippen molar-refractivity contribution in [3.8, 4) is 11.3 Å². The first-order valence-corrected chi connectivity index (χ1v) is 11.3. The molecule has 33 heavy (non-hydrogen) atoms. The number of nitrogen functional groups attached to an aromatic ring is 1. The van der Waals surface area contributed by atoms with Crippen LogP contribution in [0.2, 0.25) is 0 Å². The van der Waals surface area contributed by atoms with E-state index in [-0.39, 0.29) is 16.9 Å². The quantitative estimate of drug-likeness (QED) is 0.614. The molecule has 10 heteroatoms. The van der Waals surface area contributed by atoms with E-state index >= 15 is 0 Å². The fraction of sp³-hybridized carbons (Fsp3) is 0.522. The van der Waals surface area contributed by atoms with E-state index < -0.39 is 17.6 Å². The highest BCUT2D eigenvalue weighted by Crippen LogP contribution is 2.58. The second-order valence-electron chi connectivity index (χ2n) is 10.1. The number of fused-ring (bicyclic) bond motifs is 2. The van der Waals surface area contributed by atoms with Crippen LogP contribution in [0.3, 0.4) is 0 Å². The predicted octanol–water partition coefficient (Wildman–Crippen LogP) is 4.16. The summed E-state index contributed by atoms with van der Waals surface area (Å²) in [7, 11) is 0.